The second-order valence-electron chi connectivity index (χ2n) is 15.3. The number of fused-ring (bicyclic) bond motifs is 2. The average Bonchev–Trinajstić information content (AvgIpc) is 4.04. The van der Waals surface area contributed by atoms with Crippen molar-refractivity contribution in [3.05, 3.63) is 44.9 Å². The van der Waals surface area contributed by atoms with Gasteiger partial charge in [0, 0.05) is 156 Å². The van der Waals surface area contributed by atoms with Gasteiger partial charge in [-0.2, -0.15) is 16.2 Å². The van der Waals surface area contributed by atoms with Crippen molar-refractivity contribution in [3.8, 4) is 0 Å². The van der Waals surface area contributed by atoms with Crippen molar-refractivity contribution in [1.82, 2.24) is 0 Å². The molecule has 3 saturated heterocycles. The third kappa shape index (κ3) is 40.9. The molecule has 29 heteroatoms. The minimum atomic E-state index is -0.250. The molecule has 10 fully saturated rings. The third-order valence-electron chi connectivity index (χ3n) is 9.78. The molecule has 7 aliphatic carbocycles. The molecule has 0 aromatic carbocycles. The van der Waals surface area contributed by atoms with E-state index in [1.165, 1.54) is 91.8 Å². The topological polar surface area (TPSA) is 90.6 Å². The summed E-state index contributed by atoms with van der Waals surface area (Å²) in [7, 11) is 13.0. The molecule has 7 saturated carbocycles. The first-order valence-electron chi connectivity index (χ1n) is 19.6. The Morgan fingerprint density at radius 2 is 0.909 bits per heavy atom. The maximum absolute atomic E-state index is 8.41. The van der Waals surface area contributed by atoms with Gasteiger partial charge in [-0.3, -0.25) is 0 Å². The van der Waals surface area contributed by atoms with Crippen LogP contribution in [0.25, 0.3) is 0 Å². The first kappa shape index (κ1) is 74.8. The quantitative estimate of drug-likeness (QED) is 0.0489. The summed E-state index contributed by atoms with van der Waals surface area (Å²) in [5, 5.41) is 16.8. The number of aliphatic hydroxyl groups is 2. The number of hydrogen-bond acceptors (Lipinski definition) is 10. The minimum absolute atomic E-state index is 0. The van der Waals surface area contributed by atoms with Crippen LogP contribution in [-0.4, -0.2) is 67.0 Å². The van der Waals surface area contributed by atoms with E-state index in [2.05, 4.69) is 231 Å². The van der Waals surface area contributed by atoms with E-state index >= 15 is 0 Å². The van der Waals surface area contributed by atoms with Crippen molar-refractivity contribution in [2.24, 2.45) is 53.3 Å². The van der Waals surface area contributed by atoms with E-state index in [1.54, 1.807) is 38.8 Å². The number of rotatable bonds is 7. The Bertz CT molecular complexity index is 1730. The zero-order chi connectivity index (χ0) is 50.0. The predicted molar refractivity (Wildman–Crippen MR) is 343 cm³/mol. The first-order chi connectivity index (χ1) is 30.5. The Balaban J connectivity index is 0. The Morgan fingerprint density at radius 1 is 0.652 bits per heavy atom. The molecule has 0 bridgehead atoms. The van der Waals surface area contributed by atoms with E-state index in [4.69, 9.17) is 19.7 Å². The molecule has 2 N–H and O–H groups in total. The Labute approximate surface area is 528 Å². The number of halogens is 9. The van der Waals surface area contributed by atoms with Crippen LogP contribution in [0.3, 0.4) is 0 Å². The van der Waals surface area contributed by atoms with Crippen molar-refractivity contribution in [2.45, 2.75) is 96.1 Å². The Morgan fingerprint density at radius 3 is 0.970 bits per heavy atom. The molecule has 0 amide bonds. The smallest absolute Gasteiger partial charge is 0.396 e. The van der Waals surface area contributed by atoms with E-state index in [0.29, 0.717) is 31.3 Å². The summed E-state index contributed by atoms with van der Waals surface area (Å²) in [5.41, 5.74) is 0. The summed E-state index contributed by atoms with van der Waals surface area (Å²) >= 11 is 48.5. The Kier molecular flexibility index (Phi) is 46.3. The standard InChI is InChI=1S/2C5H6Br2O.C5H6Br2.2C5H8O.C4H9.C4H6.C3H6O2.CHBr3.Li.S7.S6/c2*6-5(7)1-3(5)4-2-8-4;1-2-4-3-5(4,6)7;2*6-2-5-3-1-4(3)5;2*1-3-4-2;1-3(2)4-5-3;2-1(3)4;;1-3-5-7-6-4-2;1-3-5-6-4-2/h2*3-4H,1-2H2;2,4H,1,3H2;2*3-6H,1-2H2;1,3-4H2,2H3;3-4H,1-2H2;1-2H3;1H;;;/q;;;;;-1;;;;+1;;. The molecule has 0 aromatic rings. The molecular formula is C37H56Br9LiO6S13. The summed E-state index contributed by atoms with van der Waals surface area (Å²) < 4.78 is 11.2. The zero-order valence-electron chi connectivity index (χ0n) is 36.5. The molecule has 9 unspecified atom stereocenters. The van der Waals surface area contributed by atoms with Crippen LogP contribution in [-0.2, 0) is 144 Å². The molecule has 382 valence electrons. The number of alkyl halides is 9. The zero-order valence-corrected chi connectivity index (χ0v) is 61.4. The summed E-state index contributed by atoms with van der Waals surface area (Å²) in [6.07, 6.45) is 15.1. The number of unbranched alkanes of at least 4 members (excludes halogenated alkanes) is 1. The van der Waals surface area contributed by atoms with Gasteiger partial charge in [-0.05, 0) is 81.5 Å². The number of ether oxygens (including phenoxy) is 2. The van der Waals surface area contributed by atoms with Gasteiger partial charge in [-0.25, -0.2) is 0 Å². The second kappa shape index (κ2) is 40.9. The van der Waals surface area contributed by atoms with Crippen LogP contribution in [0.15, 0.2) is 38.0 Å². The van der Waals surface area contributed by atoms with Crippen molar-refractivity contribution in [2.75, 3.05) is 26.4 Å². The van der Waals surface area contributed by atoms with Crippen LogP contribution in [0, 0.1) is 60.2 Å². The summed E-state index contributed by atoms with van der Waals surface area (Å²) in [6.45, 7) is 22.7. The summed E-state index contributed by atoms with van der Waals surface area (Å²) in [4.78, 5) is 8.79. The summed E-state index contributed by atoms with van der Waals surface area (Å²) in [5.74, 6) is 7.31. The molecule has 3 heterocycles. The van der Waals surface area contributed by atoms with E-state index in [1.807, 2.05) is 19.9 Å². The SMILES string of the molecule is BrC(Br)Br.BrC1(Br)CC1C1CO1.BrC1(Br)CC1C1CO1.C=CC1CC1(Br)Br.C=CC=C.CC1(C)OO1.OCC1C2CC12.OCC1C2CC12.S=S=S=S=S=S.S=S=S=S=S=S=S.[CH2-]CCC.[Li+]. The largest absolute Gasteiger partial charge is 1.00 e. The van der Waals surface area contributed by atoms with Gasteiger partial charge < -0.3 is 26.6 Å². The molecule has 10 aliphatic rings. The van der Waals surface area contributed by atoms with Gasteiger partial charge in [0.2, 0.25) is 5.79 Å². The maximum atomic E-state index is 8.41. The molecule has 9 atom stereocenters. The Hall–Kier alpha value is 6.76. The number of aliphatic hydroxyl groups excluding tert-OH is 2. The molecule has 0 radical (unpaired) electrons. The molecule has 0 spiro atoms. The van der Waals surface area contributed by atoms with E-state index in [-0.39, 0.29) is 37.0 Å². The number of allylic oxidation sites excluding steroid dienone is 3. The summed E-state index contributed by atoms with van der Waals surface area (Å²) in [6, 6.07) is 0. The molecule has 66 heavy (non-hydrogen) atoms. The molecule has 3 aliphatic heterocycles. The fourth-order valence-corrected chi connectivity index (χ4v) is 22.2. The molecule has 6 nitrogen and oxygen atoms in total. The van der Waals surface area contributed by atoms with Gasteiger partial charge in [-0.15, -0.1) is 6.58 Å². The van der Waals surface area contributed by atoms with Gasteiger partial charge in [0.15, 0.2) is 0 Å². The minimum Gasteiger partial charge on any atom is -0.396 e. The van der Waals surface area contributed by atoms with Crippen molar-refractivity contribution in [3.63, 3.8) is 0 Å². The monoisotopic (exact) mass is 1730 g/mol. The van der Waals surface area contributed by atoms with Crippen LogP contribution in [0.2, 0.25) is 0 Å². The van der Waals surface area contributed by atoms with Gasteiger partial charge in [0.1, 0.15) is 2.65 Å². The van der Waals surface area contributed by atoms with Gasteiger partial charge in [0.25, 0.3) is 0 Å². The van der Waals surface area contributed by atoms with Crippen LogP contribution in [0.5, 0.6) is 0 Å². The first-order valence-corrected chi connectivity index (χ1v) is 41.7. The van der Waals surface area contributed by atoms with Crippen LogP contribution in [0.4, 0.5) is 0 Å². The van der Waals surface area contributed by atoms with Crippen molar-refractivity contribution >= 4 is 268 Å². The molecule has 0 aromatic heterocycles. The van der Waals surface area contributed by atoms with E-state index in [9.17, 15) is 0 Å². The van der Waals surface area contributed by atoms with E-state index in [0.717, 1.165) is 67.0 Å². The number of hydrogen-bond donors (Lipinski definition) is 2. The second-order valence-corrected chi connectivity index (χ2v) is 49.3. The van der Waals surface area contributed by atoms with Crippen molar-refractivity contribution in [1.29, 1.82) is 0 Å². The van der Waals surface area contributed by atoms with E-state index < -0.39 is 0 Å². The van der Waals surface area contributed by atoms with Crippen LogP contribution in [0.1, 0.15) is 65.7 Å². The molecule has 10 rings (SSSR count). The predicted octanol–water partition coefficient (Wildman–Crippen LogP) is 10.0. The number of epoxide rings is 2. The van der Waals surface area contributed by atoms with Gasteiger partial charge >= 0.3 is 18.9 Å². The normalized spacial score (nSPS) is 31.3. The fraction of sp³-hybridized carbons (Fsp3) is 0.811. The average molecular weight is 1740 g/mol. The van der Waals surface area contributed by atoms with Crippen molar-refractivity contribution < 1.29 is 48.3 Å². The third-order valence-corrected chi connectivity index (χ3v) is 30.8. The fourth-order valence-electron chi connectivity index (χ4n) is 4.85. The molecular weight excluding hydrogens is 1680 g/mol. The van der Waals surface area contributed by atoms with Gasteiger partial charge in [-0.1, -0.05) is 188 Å². The van der Waals surface area contributed by atoms with Gasteiger partial charge in [0.05, 0.1) is 35.1 Å². The van der Waals surface area contributed by atoms with Crippen LogP contribution < -0.4 is 18.9 Å². The maximum Gasteiger partial charge on any atom is 1.00 e. The van der Waals surface area contributed by atoms with Crippen LogP contribution >= 0.6 is 143 Å².